The van der Waals surface area contributed by atoms with Crippen molar-refractivity contribution in [3.63, 3.8) is 0 Å². The molecule has 2 aliphatic rings. The third-order valence-electron chi connectivity index (χ3n) is 4.82. The van der Waals surface area contributed by atoms with Gasteiger partial charge in [-0.3, -0.25) is 9.69 Å². The molecule has 1 saturated heterocycles. The molecule has 0 aromatic heterocycles. The zero-order valence-corrected chi connectivity index (χ0v) is 15.4. The van der Waals surface area contributed by atoms with Crippen LogP contribution in [0.3, 0.4) is 0 Å². The highest BCUT2D eigenvalue weighted by Gasteiger charge is 2.61. The fourth-order valence-electron chi connectivity index (χ4n) is 3.40. The molecule has 11 heteroatoms. The Kier molecular flexibility index (Phi) is 4.86. The molecule has 1 unspecified atom stereocenters. The van der Waals surface area contributed by atoms with E-state index < -0.39 is 59.0 Å². The minimum Gasteiger partial charge on any atom is -0.301 e. The number of amides is 3. The summed E-state index contributed by atoms with van der Waals surface area (Å²) in [5, 5.41) is 9.09. The summed E-state index contributed by atoms with van der Waals surface area (Å²) in [6, 6.07) is -2.09. The van der Waals surface area contributed by atoms with Crippen LogP contribution < -0.4 is 0 Å². The molecule has 1 atom stereocenters. The molecule has 0 radical (unpaired) electrons. The highest BCUT2D eigenvalue weighted by Crippen LogP contribution is 2.47. The predicted octanol–water partition coefficient (Wildman–Crippen LogP) is 3.94. The van der Waals surface area contributed by atoms with Gasteiger partial charge in [0.2, 0.25) is 0 Å². The normalized spacial score (nSPS) is 24.8. The van der Waals surface area contributed by atoms with Crippen LogP contribution >= 0.6 is 0 Å². The van der Waals surface area contributed by atoms with Gasteiger partial charge in [0.05, 0.1) is 23.3 Å². The third kappa shape index (κ3) is 3.47. The van der Waals surface area contributed by atoms with Gasteiger partial charge in [0, 0.05) is 5.41 Å². The Morgan fingerprint density at radius 3 is 2.07 bits per heavy atom. The molecule has 154 valence electrons. The molecule has 2 rings (SSSR count). The Bertz CT molecular complexity index is 814. The first kappa shape index (κ1) is 21.8. The fourth-order valence-corrected chi connectivity index (χ4v) is 3.40. The fraction of sp³-hybridized carbons (Fsp3) is 0.588. The maximum absolute atomic E-state index is 13.8. The van der Waals surface area contributed by atoms with E-state index in [9.17, 15) is 35.9 Å². The SMILES string of the molecule is CC1(C)C=CC(C#N)=C(C(F)(F)F)C1N1C(=O)N(CC(F)(F)F)C(C)(C)C1=O. The second kappa shape index (κ2) is 6.25. The van der Waals surface area contributed by atoms with Crippen molar-refractivity contribution in [1.29, 1.82) is 5.26 Å². The monoisotopic (exact) mass is 409 g/mol. The quantitative estimate of drug-likeness (QED) is 0.513. The Morgan fingerprint density at radius 2 is 1.64 bits per heavy atom. The molecule has 28 heavy (non-hydrogen) atoms. The molecule has 0 spiro atoms. The summed E-state index contributed by atoms with van der Waals surface area (Å²) in [5.74, 6) is -1.20. The summed E-state index contributed by atoms with van der Waals surface area (Å²) in [5.41, 5.74) is -5.72. The molecule has 1 aliphatic carbocycles. The van der Waals surface area contributed by atoms with Crippen LogP contribution in [-0.4, -0.2) is 52.2 Å². The number of nitrogens with zero attached hydrogens (tertiary/aromatic N) is 3. The number of carbonyl (C=O) groups is 2. The largest absolute Gasteiger partial charge is 0.415 e. The molecule has 0 N–H and O–H groups in total. The Hall–Kier alpha value is -2.51. The number of rotatable bonds is 2. The molecular weight excluding hydrogens is 392 g/mol. The lowest BCUT2D eigenvalue weighted by Gasteiger charge is -2.41. The third-order valence-corrected chi connectivity index (χ3v) is 4.82. The van der Waals surface area contributed by atoms with Gasteiger partial charge in [-0.05, 0) is 19.9 Å². The van der Waals surface area contributed by atoms with E-state index in [1.54, 1.807) is 0 Å². The first-order valence-corrected chi connectivity index (χ1v) is 8.08. The molecule has 1 fully saturated rings. The van der Waals surface area contributed by atoms with E-state index in [4.69, 9.17) is 5.26 Å². The van der Waals surface area contributed by atoms with Crippen LogP contribution in [0.15, 0.2) is 23.3 Å². The molecule has 1 aliphatic heterocycles. The van der Waals surface area contributed by atoms with Crippen LogP contribution in [0.1, 0.15) is 27.7 Å². The van der Waals surface area contributed by atoms with Gasteiger partial charge >= 0.3 is 18.4 Å². The van der Waals surface area contributed by atoms with Crippen LogP contribution in [-0.2, 0) is 4.79 Å². The van der Waals surface area contributed by atoms with Gasteiger partial charge < -0.3 is 4.90 Å². The second-order valence-electron chi connectivity index (χ2n) is 7.71. The van der Waals surface area contributed by atoms with Crippen LogP contribution in [0.4, 0.5) is 31.1 Å². The van der Waals surface area contributed by atoms with E-state index in [1.807, 2.05) is 0 Å². The van der Waals surface area contributed by atoms with Gasteiger partial charge in [0.1, 0.15) is 12.1 Å². The van der Waals surface area contributed by atoms with Crippen LogP contribution in [0.5, 0.6) is 0 Å². The van der Waals surface area contributed by atoms with Crippen LogP contribution in [0.25, 0.3) is 0 Å². The highest BCUT2D eigenvalue weighted by atomic mass is 19.4. The second-order valence-corrected chi connectivity index (χ2v) is 7.71. The first-order valence-electron chi connectivity index (χ1n) is 8.08. The van der Waals surface area contributed by atoms with E-state index >= 15 is 0 Å². The molecule has 0 saturated carbocycles. The number of halogens is 6. The molecule has 0 bridgehead atoms. The van der Waals surface area contributed by atoms with Gasteiger partial charge in [-0.25, -0.2) is 4.79 Å². The molecule has 5 nitrogen and oxygen atoms in total. The summed E-state index contributed by atoms with van der Waals surface area (Å²) in [6.45, 7) is 2.88. The average molecular weight is 409 g/mol. The zero-order chi connectivity index (χ0) is 21.9. The summed E-state index contributed by atoms with van der Waals surface area (Å²) in [7, 11) is 0. The van der Waals surface area contributed by atoms with Crippen LogP contribution in [0.2, 0.25) is 0 Å². The molecule has 0 aromatic carbocycles. The number of imide groups is 1. The van der Waals surface area contributed by atoms with E-state index in [2.05, 4.69) is 0 Å². The predicted molar refractivity (Wildman–Crippen MR) is 84.5 cm³/mol. The minimum atomic E-state index is -5.08. The van der Waals surface area contributed by atoms with E-state index in [0.29, 0.717) is 0 Å². The van der Waals surface area contributed by atoms with E-state index in [0.717, 1.165) is 19.9 Å². The van der Waals surface area contributed by atoms with Crippen molar-refractivity contribution in [1.82, 2.24) is 9.80 Å². The lowest BCUT2D eigenvalue weighted by molar-refractivity contribution is -0.150. The lowest BCUT2D eigenvalue weighted by Crippen LogP contribution is -2.53. The molecular formula is C17H17F6N3O2. The van der Waals surface area contributed by atoms with Crippen molar-refractivity contribution >= 4 is 11.9 Å². The maximum Gasteiger partial charge on any atom is 0.415 e. The number of carbonyl (C=O) groups excluding carboxylic acids is 2. The number of urea groups is 1. The van der Waals surface area contributed by atoms with Crippen molar-refractivity contribution < 1.29 is 35.9 Å². The smallest absolute Gasteiger partial charge is 0.301 e. The van der Waals surface area contributed by atoms with Crippen molar-refractivity contribution in [3.8, 4) is 6.07 Å². The van der Waals surface area contributed by atoms with E-state index in [-0.39, 0.29) is 9.80 Å². The standard InChI is InChI=1S/C17H17F6N3O2/c1-14(2)6-5-9(7-24)10(17(21,22)23)11(14)26-12(27)15(3,4)25(13(26)28)8-16(18,19)20/h5-6,11H,8H2,1-4H3. The van der Waals surface area contributed by atoms with E-state index in [1.165, 1.54) is 26.0 Å². The van der Waals surface area contributed by atoms with Crippen molar-refractivity contribution in [3.05, 3.63) is 23.3 Å². The zero-order valence-electron chi connectivity index (χ0n) is 15.4. The maximum atomic E-state index is 13.8. The number of hydrogen-bond acceptors (Lipinski definition) is 3. The number of allylic oxidation sites excluding steroid dienone is 2. The van der Waals surface area contributed by atoms with Crippen molar-refractivity contribution in [2.75, 3.05) is 6.54 Å². The lowest BCUT2D eigenvalue weighted by atomic mass is 9.73. The first-order chi connectivity index (χ1) is 12.4. The number of nitriles is 1. The Morgan fingerprint density at radius 1 is 1.11 bits per heavy atom. The summed E-state index contributed by atoms with van der Waals surface area (Å²) < 4.78 is 79.9. The minimum absolute atomic E-state index is 0.198. The summed E-state index contributed by atoms with van der Waals surface area (Å²) in [6.07, 6.45) is -7.78. The molecule has 0 aromatic rings. The van der Waals surface area contributed by atoms with Crippen LogP contribution in [0, 0.1) is 16.7 Å². The highest BCUT2D eigenvalue weighted by molar-refractivity contribution is 6.07. The Balaban J connectivity index is 2.68. The topological polar surface area (TPSA) is 64.4 Å². The summed E-state index contributed by atoms with van der Waals surface area (Å²) in [4.78, 5) is 25.9. The van der Waals surface area contributed by atoms with Gasteiger partial charge in [0.25, 0.3) is 5.91 Å². The number of alkyl halides is 6. The Labute approximate surface area is 156 Å². The molecule has 1 heterocycles. The van der Waals surface area contributed by atoms with Gasteiger partial charge in [0.15, 0.2) is 0 Å². The van der Waals surface area contributed by atoms with Gasteiger partial charge in [-0.2, -0.15) is 31.6 Å². The van der Waals surface area contributed by atoms with Crippen molar-refractivity contribution in [2.24, 2.45) is 5.41 Å². The number of hydrogen-bond donors (Lipinski definition) is 0. The van der Waals surface area contributed by atoms with Gasteiger partial charge in [-0.1, -0.05) is 19.9 Å². The van der Waals surface area contributed by atoms with Crippen molar-refractivity contribution in [2.45, 2.75) is 51.6 Å². The summed E-state index contributed by atoms with van der Waals surface area (Å²) >= 11 is 0. The average Bonchev–Trinajstić information content (AvgIpc) is 2.65. The van der Waals surface area contributed by atoms with Gasteiger partial charge in [-0.15, -0.1) is 0 Å². The molecule has 3 amide bonds.